The summed E-state index contributed by atoms with van der Waals surface area (Å²) < 4.78 is 65.3. The van der Waals surface area contributed by atoms with Gasteiger partial charge in [0.25, 0.3) is 20.2 Å². The molecule has 0 heterocycles. The molecule has 39 heavy (non-hydrogen) atoms. The van der Waals surface area contributed by atoms with Gasteiger partial charge in [-0.25, -0.2) is 0 Å². The monoisotopic (exact) mass is 581 g/mol. The SMILES string of the molecule is CC[N+](CC)(CCOC)c1ccc(N)c(C)c1.Cc1ccc(S(=O)(=O)O)cc1.Cc1ccc(S(=O)(=O)O)cc1. The van der Waals surface area contributed by atoms with Crippen molar-refractivity contribution in [2.45, 2.75) is 44.4 Å². The van der Waals surface area contributed by atoms with Crippen LogP contribution in [0.15, 0.2) is 76.5 Å². The quantitative estimate of drug-likeness (QED) is 0.190. The number of nitrogens with zero attached hydrogens (tertiary/aromatic N) is 1. The largest absolute Gasteiger partial charge is 0.399 e. The number of anilines is 1. The van der Waals surface area contributed by atoms with Crippen LogP contribution in [0.3, 0.4) is 0 Å². The number of ether oxygens (including phenoxy) is 1. The number of nitrogen functional groups attached to an aromatic ring is 1. The molecule has 0 aromatic heterocycles. The highest BCUT2D eigenvalue weighted by molar-refractivity contribution is 7.86. The molecule has 11 heteroatoms. The van der Waals surface area contributed by atoms with Crippen LogP contribution in [0.2, 0.25) is 0 Å². The summed E-state index contributed by atoms with van der Waals surface area (Å²) in [5, 5.41) is 0. The first-order chi connectivity index (χ1) is 18.1. The number of benzene rings is 3. The van der Waals surface area contributed by atoms with Crippen molar-refractivity contribution in [1.82, 2.24) is 4.48 Å². The Balaban J connectivity index is 0.000000304. The Morgan fingerprint density at radius 2 is 1.15 bits per heavy atom. The summed E-state index contributed by atoms with van der Waals surface area (Å²) in [5.74, 6) is 0. The molecule has 0 atom stereocenters. The van der Waals surface area contributed by atoms with Crippen LogP contribution in [0, 0.1) is 20.8 Å². The van der Waals surface area contributed by atoms with E-state index in [-0.39, 0.29) is 9.79 Å². The maximum Gasteiger partial charge on any atom is 0.294 e. The van der Waals surface area contributed by atoms with Gasteiger partial charge < -0.3 is 10.5 Å². The second-order valence-electron chi connectivity index (χ2n) is 9.11. The fraction of sp³-hybridized carbons (Fsp3) is 0.357. The van der Waals surface area contributed by atoms with Crippen molar-refractivity contribution < 1.29 is 30.7 Å². The van der Waals surface area contributed by atoms with Gasteiger partial charge in [-0.05, 0) is 70.5 Å². The summed E-state index contributed by atoms with van der Waals surface area (Å²) in [6, 6.07) is 18.3. The van der Waals surface area contributed by atoms with Gasteiger partial charge in [-0.3, -0.25) is 13.6 Å². The number of quaternary nitrogens is 1. The first-order valence-corrected chi connectivity index (χ1v) is 15.3. The van der Waals surface area contributed by atoms with E-state index in [1.54, 1.807) is 31.4 Å². The number of likely N-dealkylation sites (N-methyl/N-ethyl adjacent to an activating group) is 1. The number of hydrogen-bond acceptors (Lipinski definition) is 6. The first-order valence-electron chi connectivity index (χ1n) is 12.4. The van der Waals surface area contributed by atoms with E-state index in [9.17, 15) is 16.8 Å². The van der Waals surface area contributed by atoms with Crippen LogP contribution in [0.4, 0.5) is 11.4 Å². The van der Waals surface area contributed by atoms with Crippen LogP contribution in [0.25, 0.3) is 0 Å². The Bertz CT molecular complexity index is 1310. The molecule has 0 aliphatic heterocycles. The minimum absolute atomic E-state index is 0.0666. The zero-order valence-electron chi connectivity index (χ0n) is 23.5. The van der Waals surface area contributed by atoms with E-state index in [1.165, 1.54) is 30.0 Å². The second-order valence-corrected chi connectivity index (χ2v) is 12.0. The van der Waals surface area contributed by atoms with Crippen molar-refractivity contribution in [2.24, 2.45) is 0 Å². The van der Waals surface area contributed by atoms with Gasteiger partial charge in [0.15, 0.2) is 0 Å². The lowest BCUT2D eigenvalue weighted by Gasteiger charge is -2.36. The van der Waals surface area contributed by atoms with Gasteiger partial charge >= 0.3 is 0 Å². The molecular formula is C28H41N2O7S2+. The summed E-state index contributed by atoms with van der Waals surface area (Å²) in [5.41, 5.74) is 11.2. The molecule has 0 fully saturated rings. The summed E-state index contributed by atoms with van der Waals surface area (Å²) in [4.78, 5) is -0.133. The molecular weight excluding hydrogens is 540 g/mol. The molecule has 0 radical (unpaired) electrons. The molecule has 9 nitrogen and oxygen atoms in total. The number of rotatable bonds is 8. The van der Waals surface area contributed by atoms with E-state index in [0.717, 1.165) is 53.1 Å². The Kier molecular flexibility index (Phi) is 13.3. The highest BCUT2D eigenvalue weighted by atomic mass is 32.2. The predicted molar refractivity (Wildman–Crippen MR) is 157 cm³/mol. The summed E-state index contributed by atoms with van der Waals surface area (Å²) in [6.07, 6.45) is 0. The van der Waals surface area contributed by atoms with Crippen LogP contribution in [-0.4, -0.2) is 59.3 Å². The standard InChI is InChI=1S/C14H25N2O.2C7H8O3S/c1-5-16(6-2,9-10-17-4)13-7-8-14(15)12(3)11-13;2*1-6-2-4-7(5-3-6)11(8,9)10/h7-8,11H,5-6,9-10,15H2,1-4H3;2*2-5H,1H3,(H,8,9,10)/q+1;;. The summed E-state index contributed by atoms with van der Waals surface area (Å²) in [6.45, 7) is 14.1. The van der Waals surface area contributed by atoms with Crippen LogP contribution in [0.1, 0.15) is 30.5 Å². The van der Waals surface area contributed by atoms with Crippen molar-refractivity contribution in [1.29, 1.82) is 0 Å². The van der Waals surface area contributed by atoms with Gasteiger partial charge in [0.05, 0.1) is 29.5 Å². The van der Waals surface area contributed by atoms with E-state index in [0.29, 0.717) is 0 Å². The Labute approximate surface area is 233 Å². The zero-order valence-corrected chi connectivity index (χ0v) is 25.1. The van der Waals surface area contributed by atoms with Gasteiger partial charge in [0.2, 0.25) is 0 Å². The van der Waals surface area contributed by atoms with Gasteiger partial charge in [0.1, 0.15) is 12.2 Å². The lowest BCUT2D eigenvalue weighted by molar-refractivity contribution is 0.155. The highest BCUT2D eigenvalue weighted by Gasteiger charge is 2.26. The average molecular weight is 582 g/mol. The molecule has 0 saturated heterocycles. The minimum Gasteiger partial charge on any atom is -0.399 e. The van der Waals surface area contributed by atoms with Crippen LogP contribution >= 0.6 is 0 Å². The Morgan fingerprint density at radius 3 is 1.46 bits per heavy atom. The average Bonchev–Trinajstić information content (AvgIpc) is 2.87. The maximum atomic E-state index is 10.5. The van der Waals surface area contributed by atoms with Gasteiger partial charge in [-0.15, -0.1) is 0 Å². The molecule has 0 unspecified atom stereocenters. The topological polar surface area (TPSA) is 144 Å². The fourth-order valence-corrected chi connectivity index (χ4v) is 4.64. The lowest BCUT2D eigenvalue weighted by Crippen LogP contribution is -2.51. The van der Waals surface area contributed by atoms with Crippen molar-refractivity contribution in [2.75, 3.05) is 39.1 Å². The summed E-state index contributed by atoms with van der Waals surface area (Å²) in [7, 11) is -6.28. The first kappa shape index (κ1) is 34.2. The van der Waals surface area contributed by atoms with Gasteiger partial charge in [-0.2, -0.15) is 16.8 Å². The molecule has 3 aromatic rings. The van der Waals surface area contributed by atoms with E-state index in [2.05, 4.69) is 32.9 Å². The third kappa shape index (κ3) is 11.1. The van der Waals surface area contributed by atoms with E-state index < -0.39 is 20.2 Å². The van der Waals surface area contributed by atoms with Crippen molar-refractivity contribution in [3.63, 3.8) is 0 Å². The summed E-state index contributed by atoms with van der Waals surface area (Å²) >= 11 is 0. The molecule has 4 N–H and O–H groups in total. The van der Waals surface area contributed by atoms with Crippen LogP contribution < -0.4 is 10.2 Å². The van der Waals surface area contributed by atoms with Gasteiger partial charge in [-0.1, -0.05) is 35.4 Å². The molecule has 216 valence electrons. The molecule has 0 amide bonds. The van der Waals surface area contributed by atoms with Crippen LogP contribution in [0.5, 0.6) is 0 Å². The molecule has 0 aliphatic rings. The van der Waals surface area contributed by atoms with Crippen LogP contribution in [-0.2, 0) is 25.0 Å². The minimum atomic E-state index is -4.02. The molecule has 3 aromatic carbocycles. The van der Waals surface area contributed by atoms with E-state index >= 15 is 0 Å². The van der Waals surface area contributed by atoms with Crippen molar-refractivity contribution in [3.05, 3.63) is 83.4 Å². The van der Waals surface area contributed by atoms with Gasteiger partial charge in [0, 0.05) is 24.9 Å². The van der Waals surface area contributed by atoms with Crippen molar-refractivity contribution >= 4 is 31.6 Å². The lowest BCUT2D eigenvalue weighted by atomic mass is 10.1. The smallest absolute Gasteiger partial charge is 0.294 e. The molecule has 0 spiro atoms. The zero-order chi connectivity index (χ0) is 29.9. The third-order valence-electron chi connectivity index (χ3n) is 6.37. The number of methoxy groups -OCH3 is 1. The normalized spacial score (nSPS) is 11.6. The Hall–Kier alpha value is -2.80. The number of hydrogen-bond donors (Lipinski definition) is 3. The fourth-order valence-electron chi connectivity index (χ4n) is 3.68. The molecule has 3 rings (SSSR count). The molecule has 0 bridgehead atoms. The van der Waals surface area contributed by atoms with E-state index in [1.807, 2.05) is 19.9 Å². The highest BCUT2D eigenvalue weighted by Crippen LogP contribution is 2.26. The second kappa shape index (κ2) is 15.1. The predicted octanol–water partition coefficient (Wildman–Crippen LogP) is 5.05. The third-order valence-corrected chi connectivity index (χ3v) is 8.11. The maximum absolute atomic E-state index is 10.5. The van der Waals surface area contributed by atoms with Crippen molar-refractivity contribution in [3.8, 4) is 0 Å². The molecule has 0 aliphatic carbocycles. The molecule has 0 saturated carbocycles. The number of nitrogens with two attached hydrogens (primary N) is 1. The van der Waals surface area contributed by atoms with E-state index in [4.69, 9.17) is 19.6 Å². The Morgan fingerprint density at radius 1 is 0.744 bits per heavy atom. The number of aryl methyl sites for hydroxylation is 3.